The average Bonchev–Trinajstić information content (AvgIpc) is 0.896. The molecule has 0 aliphatic heterocycles. The van der Waals surface area contributed by atoms with Crippen molar-refractivity contribution in [1.29, 1.82) is 0 Å². The number of aliphatic hydroxyl groups is 1. The lowest BCUT2D eigenvalue weighted by molar-refractivity contribution is -0.161. The van der Waals surface area contributed by atoms with Gasteiger partial charge in [0.05, 0.1) is 26.4 Å². The summed E-state index contributed by atoms with van der Waals surface area (Å²) in [5.41, 5.74) is 0. The Morgan fingerprint density at radius 3 is 0.713 bits per heavy atom. The highest BCUT2D eigenvalue weighted by Crippen LogP contribution is 2.45. The van der Waals surface area contributed by atoms with E-state index in [0.717, 1.165) is 218 Å². The van der Waals surface area contributed by atoms with Gasteiger partial charge in [0, 0.05) is 25.7 Å². The zero-order valence-corrected chi connectivity index (χ0v) is 68.7. The van der Waals surface area contributed by atoms with Crippen LogP contribution < -0.4 is 0 Å². The maximum Gasteiger partial charge on any atom is 0.472 e. The number of carbonyl (C=O) groups excluding carboxylic acids is 4. The second kappa shape index (κ2) is 79.3. The first kappa shape index (κ1) is 102. The maximum absolute atomic E-state index is 13.1. The molecule has 108 heavy (non-hydrogen) atoms. The van der Waals surface area contributed by atoms with E-state index < -0.39 is 97.5 Å². The Labute approximate surface area is 654 Å². The number of ether oxygens (including phenoxy) is 4. The normalized spacial score (nSPS) is 14.8. The van der Waals surface area contributed by atoms with Crippen LogP contribution in [0.5, 0.6) is 0 Å². The van der Waals surface area contributed by atoms with Crippen LogP contribution in [0.4, 0.5) is 0 Å². The van der Waals surface area contributed by atoms with E-state index in [2.05, 4.69) is 210 Å². The standard InChI is InChI=1S/C89H144O17P2/c1-5-9-13-17-21-25-29-33-37-39-41-43-47-50-54-58-62-66-70-74-87(92)100-80-85(106-89(94)76-72-68-64-60-56-52-48-44-42-40-38-34-30-26-22-18-14-10-6-2)82-104-108(97,98)102-78-83(90)77-101-107(95,96)103-81-84(105-88(93)75-71-67-63-59-55-51-46-36-32-28-24-20-16-12-8-4)79-99-86(91)73-69-65-61-57-53-49-45-35-31-27-23-19-15-11-7-3/h9-16,21-28,33-38,41-46,53,57,83-85,90H,5-8,17-20,29-32,39-40,47-52,54-56,58-82H2,1-4H3,(H,95,96)(H,97,98)/b13-9-,14-10-,15-11-,16-12-,25-21-,26-22-,27-23-,28-24-,37-33-,38-34-,43-41-,44-42-,45-35-,46-36-,57-53-. The minimum Gasteiger partial charge on any atom is -0.462 e. The fourth-order valence-electron chi connectivity index (χ4n) is 10.3. The number of allylic oxidation sites excluding steroid dienone is 30. The molecule has 0 aliphatic rings. The molecule has 0 aromatic carbocycles. The SMILES string of the molecule is CC/C=C\C/C=C\C/C=C\C/C=C\CCCCCCCCC(=O)OCC(COP(=O)(O)OCC(O)COP(=O)(O)OCC(COC(=O)CCCC/C=C\C/C=C\C/C=C\C/C=C\CC)OC(=O)CCCCCCC/C=C\C/C=C\C/C=C\CC)OC(=O)CCCCCCCC/C=C\C/C=C\C/C=C\C/C=C\CC. The number of phosphoric acid groups is 2. The fraction of sp³-hybridized carbons (Fsp3) is 0.618. The molecule has 0 aromatic heterocycles. The van der Waals surface area contributed by atoms with Gasteiger partial charge in [0.25, 0.3) is 0 Å². The number of unbranched alkanes of at least 4 members (excludes halogenated alkanes) is 19. The van der Waals surface area contributed by atoms with Crippen molar-refractivity contribution in [1.82, 2.24) is 0 Å². The molecule has 0 saturated heterocycles. The third-order valence-corrected chi connectivity index (χ3v) is 18.3. The van der Waals surface area contributed by atoms with E-state index in [4.69, 9.17) is 37.0 Å². The first-order valence-corrected chi connectivity index (χ1v) is 44.0. The average molecular weight is 1550 g/mol. The van der Waals surface area contributed by atoms with Gasteiger partial charge >= 0.3 is 39.5 Å². The summed E-state index contributed by atoms with van der Waals surface area (Å²) in [7, 11) is -10.0. The Morgan fingerprint density at radius 1 is 0.259 bits per heavy atom. The summed E-state index contributed by atoms with van der Waals surface area (Å²) in [6.45, 7) is 4.32. The Morgan fingerprint density at radius 2 is 0.454 bits per heavy atom. The summed E-state index contributed by atoms with van der Waals surface area (Å²) >= 11 is 0. The van der Waals surface area contributed by atoms with Crippen LogP contribution in [0.25, 0.3) is 0 Å². The number of hydrogen-bond donors (Lipinski definition) is 3. The molecule has 612 valence electrons. The molecule has 0 saturated carbocycles. The quantitative estimate of drug-likeness (QED) is 0.0169. The molecule has 5 atom stereocenters. The van der Waals surface area contributed by atoms with Crippen molar-refractivity contribution in [2.45, 2.75) is 316 Å². The molecule has 0 amide bonds. The van der Waals surface area contributed by atoms with Gasteiger partial charge in [0.1, 0.15) is 19.3 Å². The van der Waals surface area contributed by atoms with E-state index in [1.165, 1.54) is 0 Å². The largest absolute Gasteiger partial charge is 0.472 e. The van der Waals surface area contributed by atoms with Gasteiger partial charge in [-0.2, -0.15) is 0 Å². The van der Waals surface area contributed by atoms with Crippen molar-refractivity contribution in [3.8, 4) is 0 Å². The molecule has 3 N–H and O–H groups in total. The number of aliphatic hydroxyl groups excluding tert-OH is 1. The van der Waals surface area contributed by atoms with E-state index in [1.54, 1.807) is 0 Å². The molecule has 0 heterocycles. The predicted octanol–water partition coefficient (Wildman–Crippen LogP) is 24.3. The molecule has 17 nitrogen and oxygen atoms in total. The van der Waals surface area contributed by atoms with Crippen molar-refractivity contribution in [2.24, 2.45) is 0 Å². The van der Waals surface area contributed by atoms with Crippen molar-refractivity contribution >= 4 is 39.5 Å². The van der Waals surface area contributed by atoms with E-state index in [9.17, 15) is 43.2 Å². The number of phosphoric ester groups is 2. The number of rotatable bonds is 75. The summed E-state index contributed by atoms with van der Waals surface area (Å²) < 4.78 is 68.7. The fourth-order valence-corrected chi connectivity index (χ4v) is 11.8. The summed E-state index contributed by atoms with van der Waals surface area (Å²) in [4.78, 5) is 73.2. The third-order valence-electron chi connectivity index (χ3n) is 16.4. The van der Waals surface area contributed by atoms with Gasteiger partial charge in [-0.25, -0.2) is 9.13 Å². The second-order valence-corrected chi connectivity index (χ2v) is 29.4. The Balaban J connectivity index is 5.46. The molecule has 0 aliphatic carbocycles. The maximum atomic E-state index is 13.1. The molecule has 0 aromatic rings. The zero-order chi connectivity index (χ0) is 78.9. The van der Waals surface area contributed by atoms with Crippen molar-refractivity contribution < 1.29 is 80.2 Å². The van der Waals surface area contributed by atoms with Gasteiger partial charge in [-0.1, -0.05) is 281 Å². The van der Waals surface area contributed by atoms with Gasteiger partial charge in [0.2, 0.25) is 0 Å². The molecule has 19 heteroatoms. The lowest BCUT2D eigenvalue weighted by Crippen LogP contribution is -2.30. The summed E-state index contributed by atoms with van der Waals surface area (Å²) in [5.74, 6) is -2.28. The Hall–Kier alpha value is -5.84. The smallest absolute Gasteiger partial charge is 0.462 e. The van der Waals surface area contributed by atoms with E-state index in [1.807, 2.05) is 0 Å². The van der Waals surface area contributed by atoms with Gasteiger partial charge in [-0.3, -0.25) is 37.3 Å². The van der Waals surface area contributed by atoms with Crippen molar-refractivity contribution in [3.05, 3.63) is 182 Å². The Kier molecular flexibility index (Phi) is 75.0. The Bertz CT molecular complexity index is 2760. The van der Waals surface area contributed by atoms with Crippen molar-refractivity contribution in [2.75, 3.05) is 39.6 Å². The second-order valence-electron chi connectivity index (χ2n) is 26.5. The van der Waals surface area contributed by atoms with E-state index in [-0.39, 0.29) is 25.7 Å². The molecule has 0 radical (unpaired) electrons. The highest BCUT2D eigenvalue weighted by Gasteiger charge is 2.30. The molecule has 5 unspecified atom stereocenters. The van der Waals surface area contributed by atoms with Gasteiger partial charge in [-0.15, -0.1) is 0 Å². The first-order chi connectivity index (χ1) is 52.7. The molecule has 0 rings (SSSR count). The number of carbonyl (C=O) groups is 4. The van der Waals surface area contributed by atoms with Crippen LogP contribution in [0.3, 0.4) is 0 Å². The molecular formula is C89H144O17P2. The topological polar surface area (TPSA) is 237 Å². The van der Waals surface area contributed by atoms with E-state index in [0.29, 0.717) is 25.7 Å². The van der Waals surface area contributed by atoms with E-state index >= 15 is 0 Å². The lowest BCUT2D eigenvalue weighted by Gasteiger charge is -2.21. The minimum absolute atomic E-state index is 0.0596. The molecule has 0 bridgehead atoms. The van der Waals surface area contributed by atoms with Crippen LogP contribution in [0.15, 0.2) is 182 Å². The molecule has 0 fully saturated rings. The van der Waals surface area contributed by atoms with Gasteiger partial charge < -0.3 is 33.8 Å². The zero-order valence-electron chi connectivity index (χ0n) is 66.9. The highest BCUT2D eigenvalue weighted by molar-refractivity contribution is 7.47. The summed E-state index contributed by atoms with van der Waals surface area (Å²) in [6.07, 6.45) is 95.8. The highest BCUT2D eigenvalue weighted by atomic mass is 31.2. The van der Waals surface area contributed by atoms with Crippen molar-refractivity contribution in [3.63, 3.8) is 0 Å². The van der Waals surface area contributed by atoms with Crippen LogP contribution >= 0.6 is 15.6 Å². The van der Waals surface area contributed by atoms with Crippen LogP contribution in [0, 0.1) is 0 Å². The van der Waals surface area contributed by atoms with Crippen LogP contribution in [-0.2, 0) is 65.4 Å². The summed E-state index contributed by atoms with van der Waals surface area (Å²) in [6, 6.07) is 0. The molecule has 0 spiro atoms. The third kappa shape index (κ3) is 78.3. The van der Waals surface area contributed by atoms with Crippen LogP contribution in [-0.4, -0.2) is 96.7 Å². The number of esters is 4. The first-order valence-electron chi connectivity index (χ1n) is 41.0. The van der Waals surface area contributed by atoms with Gasteiger partial charge in [-0.05, 0) is 173 Å². The van der Waals surface area contributed by atoms with Gasteiger partial charge in [0.15, 0.2) is 12.2 Å². The minimum atomic E-state index is -5.00. The predicted molar refractivity (Wildman–Crippen MR) is 445 cm³/mol. The number of hydrogen-bond acceptors (Lipinski definition) is 15. The summed E-state index contributed by atoms with van der Waals surface area (Å²) in [5, 5.41) is 10.7. The molecular weight excluding hydrogens is 1400 g/mol. The van der Waals surface area contributed by atoms with Crippen LogP contribution in [0.2, 0.25) is 0 Å². The van der Waals surface area contributed by atoms with Crippen LogP contribution in [0.1, 0.15) is 297 Å². The lowest BCUT2D eigenvalue weighted by atomic mass is 10.1. The monoisotopic (exact) mass is 1550 g/mol.